The minimum atomic E-state index is -4.64. The number of hydrogen-bond donors (Lipinski definition) is 0. The topological polar surface area (TPSA) is 46.6 Å². The Morgan fingerprint density at radius 3 is 2.46 bits per heavy atom. The maximum absolute atomic E-state index is 13.0. The molecule has 0 N–H and O–H groups in total. The number of hydrogen-bond acceptors (Lipinski definition) is 3. The Balaban J connectivity index is 1.77. The lowest BCUT2D eigenvalue weighted by Crippen LogP contribution is -2.27. The van der Waals surface area contributed by atoms with Gasteiger partial charge in [-0.2, -0.15) is 13.2 Å². The van der Waals surface area contributed by atoms with E-state index >= 15 is 0 Å². The molecule has 2 aromatic carbocycles. The number of ether oxygens (including phenoxy) is 1. The number of alkyl halides is 3. The molecule has 1 atom stereocenters. The first-order valence-corrected chi connectivity index (χ1v) is 8.49. The van der Waals surface area contributed by atoms with Gasteiger partial charge < -0.3 is 9.64 Å². The molecule has 1 fully saturated rings. The van der Waals surface area contributed by atoms with Gasteiger partial charge in [0.1, 0.15) is 5.75 Å². The Labute approximate surface area is 155 Å². The highest BCUT2D eigenvalue weighted by molar-refractivity contribution is 9.10. The molecule has 1 unspecified atom stereocenters. The van der Waals surface area contributed by atoms with Crippen LogP contribution in [0.15, 0.2) is 53.0 Å². The maximum Gasteiger partial charge on any atom is 0.419 e. The number of esters is 1. The molecule has 3 rings (SSSR count). The largest absolute Gasteiger partial charge is 0.426 e. The average molecular weight is 428 g/mol. The van der Waals surface area contributed by atoms with Gasteiger partial charge in [-0.05, 0) is 40.2 Å². The number of benzene rings is 2. The summed E-state index contributed by atoms with van der Waals surface area (Å²) >= 11 is 3.34. The van der Waals surface area contributed by atoms with E-state index in [1.165, 1.54) is 17.0 Å². The van der Waals surface area contributed by atoms with Gasteiger partial charge in [-0.25, -0.2) is 0 Å². The second-order valence-corrected chi connectivity index (χ2v) is 6.63. The van der Waals surface area contributed by atoms with E-state index in [0.29, 0.717) is 10.2 Å². The molecule has 1 aliphatic heterocycles. The minimum Gasteiger partial charge on any atom is -0.426 e. The van der Waals surface area contributed by atoms with Gasteiger partial charge in [0.05, 0.1) is 17.2 Å². The van der Waals surface area contributed by atoms with E-state index in [4.69, 9.17) is 4.74 Å². The molecule has 1 heterocycles. The normalized spacial score (nSPS) is 17.5. The van der Waals surface area contributed by atoms with Crippen LogP contribution in [0.2, 0.25) is 0 Å². The van der Waals surface area contributed by atoms with Crippen molar-refractivity contribution in [2.45, 2.75) is 12.6 Å². The van der Waals surface area contributed by atoms with Gasteiger partial charge >= 0.3 is 12.1 Å². The summed E-state index contributed by atoms with van der Waals surface area (Å²) in [5.41, 5.74) is -0.427. The van der Waals surface area contributed by atoms with Crippen molar-refractivity contribution in [3.05, 3.63) is 58.6 Å². The van der Waals surface area contributed by atoms with Crippen LogP contribution in [0.5, 0.6) is 5.75 Å². The van der Waals surface area contributed by atoms with Crippen LogP contribution in [-0.4, -0.2) is 18.4 Å². The SMILES string of the molecule is O=C(Oc1ccccc1C(F)(F)F)C1CC(=O)N(c2ccccc2Br)C1. The molecule has 136 valence electrons. The van der Waals surface area contributed by atoms with Gasteiger partial charge in [0.2, 0.25) is 5.91 Å². The molecule has 1 saturated heterocycles. The Morgan fingerprint density at radius 1 is 1.12 bits per heavy atom. The van der Waals surface area contributed by atoms with Gasteiger partial charge in [-0.1, -0.05) is 24.3 Å². The van der Waals surface area contributed by atoms with E-state index in [9.17, 15) is 22.8 Å². The van der Waals surface area contributed by atoms with E-state index in [1.807, 2.05) is 0 Å². The zero-order valence-electron chi connectivity index (χ0n) is 13.3. The van der Waals surface area contributed by atoms with Gasteiger partial charge in [-0.15, -0.1) is 0 Å². The summed E-state index contributed by atoms with van der Waals surface area (Å²) in [5, 5.41) is 0. The number of halogens is 4. The summed E-state index contributed by atoms with van der Waals surface area (Å²) in [4.78, 5) is 26.0. The Morgan fingerprint density at radius 2 is 1.77 bits per heavy atom. The summed E-state index contributed by atoms with van der Waals surface area (Å²) in [7, 11) is 0. The lowest BCUT2D eigenvalue weighted by Gasteiger charge is -2.18. The van der Waals surface area contributed by atoms with E-state index in [-0.39, 0.29) is 18.9 Å². The maximum atomic E-state index is 13.0. The van der Waals surface area contributed by atoms with Crippen molar-refractivity contribution in [1.82, 2.24) is 0 Å². The molecule has 0 aliphatic carbocycles. The van der Waals surface area contributed by atoms with Crippen molar-refractivity contribution in [1.29, 1.82) is 0 Å². The first-order chi connectivity index (χ1) is 12.3. The monoisotopic (exact) mass is 427 g/mol. The summed E-state index contributed by atoms with van der Waals surface area (Å²) in [6, 6.07) is 11.5. The second kappa shape index (κ2) is 7.11. The van der Waals surface area contributed by atoms with Crippen molar-refractivity contribution in [3.63, 3.8) is 0 Å². The second-order valence-electron chi connectivity index (χ2n) is 5.77. The first kappa shape index (κ1) is 18.4. The Kier molecular flexibility index (Phi) is 5.04. The summed E-state index contributed by atoms with van der Waals surface area (Å²) in [5.74, 6) is -2.54. The molecule has 0 aromatic heterocycles. The first-order valence-electron chi connectivity index (χ1n) is 7.70. The van der Waals surface area contributed by atoms with E-state index in [0.717, 1.165) is 12.1 Å². The average Bonchev–Trinajstić information content (AvgIpc) is 2.97. The molecule has 26 heavy (non-hydrogen) atoms. The van der Waals surface area contributed by atoms with Crippen LogP contribution >= 0.6 is 15.9 Å². The van der Waals surface area contributed by atoms with Crippen LogP contribution in [0.25, 0.3) is 0 Å². The fourth-order valence-corrected chi connectivity index (χ4v) is 3.25. The van der Waals surface area contributed by atoms with Crippen molar-refractivity contribution in [2.75, 3.05) is 11.4 Å². The number of carbonyl (C=O) groups excluding carboxylic acids is 2. The zero-order valence-corrected chi connectivity index (χ0v) is 14.9. The fraction of sp³-hybridized carbons (Fsp3) is 0.222. The third kappa shape index (κ3) is 3.75. The highest BCUT2D eigenvalue weighted by Gasteiger charge is 2.39. The van der Waals surface area contributed by atoms with Crippen LogP contribution in [0.1, 0.15) is 12.0 Å². The third-order valence-electron chi connectivity index (χ3n) is 4.00. The summed E-state index contributed by atoms with van der Waals surface area (Å²) < 4.78 is 44.7. The summed E-state index contributed by atoms with van der Waals surface area (Å²) in [6.45, 7) is 0.0501. The smallest absolute Gasteiger partial charge is 0.419 e. The molecule has 1 aliphatic rings. The quantitative estimate of drug-likeness (QED) is 0.537. The van der Waals surface area contributed by atoms with E-state index < -0.39 is 29.4 Å². The Bertz CT molecular complexity index is 854. The lowest BCUT2D eigenvalue weighted by molar-refractivity contribution is -0.144. The third-order valence-corrected chi connectivity index (χ3v) is 4.68. The van der Waals surface area contributed by atoms with Gasteiger partial charge in [0.15, 0.2) is 0 Å². The molecule has 8 heteroatoms. The molecule has 2 aromatic rings. The highest BCUT2D eigenvalue weighted by Crippen LogP contribution is 2.37. The van der Waals surface area contributed by atoms with Crippen molar-refractivity contribution in [2.24, 2.45) is 5.92 Å². The molecule has 0 radical (unpaired) electrons. The number of para-hydroxylation sites is 2. The highest BCUT2D eigenvalue weighted by atomic mass is 79.9. The Hall–Kier alpha value is -2.35. The number of nitrogens with zero attached hydrogens (tertiary/aromatic N) is 1. The molecule has 4 nitrogen and oxygen atoms in total. The minimum absolute atomic E-state index is 0.0501. The van der Waals surface area contributed by atoms with Crippen LogP contribution in [-0.2, 0) is 15.8 Å². The molecule has 0 spiro atoms. The number of carbonyl (C=O) groups is 2. The van der Waals surface area contributed by atoms with Crippen molar-refractivity contribution in [3.8, 4) is 5.75 Å². The van der Waals surface area contributed by atoms with Crippen molar-refractivity contribution < 1.29 is 27.5 Å². The lowest BCUT2D eigenvalue weighted by atomic mass is 10.1. The van der Waals surface area contributed by atoms with E-state index in [1.54, 1.807) is 24.3 Å². The van der Waals surface area contributed by atoms with Gasteiger partial charge in [0.25, 0.3) is 0 Å². The van der Waals surface area contributed by atoms with Crippen molar-refractivity contribution >= 4 is 33.5 Å². The molecule has 1 amide bonds. The number of rotatable bonds is 3. The van der Waals surface area contributed by atoms with E-state index in [2.05, 4.69) is 15.9 Å². The molecular formula is C18H13BrF3NO3. The zero-order chi connectivity index (χ0) is 18.9. The molecule has 0 saturated carbocycles. The summed E-state index contributed by atoms with van der Waals surface area (Å²) in [6.07, 6.45) is -4.75. The number of amides is 1. The predicted octanol–water partition coefficient (Wildman–Crippen LogP) is 4.43. The van der Waals surface area contributed by atoms with Crippen LogP contribution in [0.3, 0.4) is 0 Å². The molecular weight excluding hydrogens is 415 g/mol. The predicted molar refractivity (Wildman–Crippen MR) is 91.7 cm³/mol. The van der Waals surface area contributed by atoms with Crippen LogP contribution < -0.4 is 9.64 Å². The van der Waals surface area contributed by atoms with Gasteiger partial charge in [-0.3, -0.25) is 9.59 Å². The fourth-order valence-electron chi connectivity index (χ4n) is 2.75. The van der Waals surface area contributed by atoms with Gasteiger partial charge in [0, 0.05) is 17.4 Å². The standard InChI is InChI=1S/C18H13BrF3NO3/c19-13-6-2-3-7-14(13)23-10-11(9-16(23)24)17(25)26-15-8-4-1-5-12(15)18(20,21)22/h1-8,11H,9-10H2. The number of anilines is 1. The van der Waals surface area contributed by atoms with Crippen LogP contribution in [0.4, 0.5) is 18.9 Å². The molecule has 0 bridgehead atoms. The van der Waals surface area contributed by atoms with Crippen LogP contribution in [0, 0.1) is 5.92 Å².